The number of para-hydroxylation sites is 1. The van der Waals surface area contributed by atoms with Crippen LogP contribution >= 0.6 is 12.2 Å². The molecule has 0 spiro atoms. The molecule has 0 bridgehead atoms. The van der Waals surface area contributed by atoms with Crippen molar-refractivity contribution in [3.8, 4) is 0 Å². The van der Waals surface area contributed by atoms with E-state index in [2.05, 4.69) is 33.9 Å². The number of nitrogens with zero attached hydrogens (tertiary/aromatic N) is 1. The van der Waals surface area contributed by atoms with Gasteiger partial charge in [0.1, 0.15) is 0 Å². The van der Waals surface area contributed by atoms with Crippen LogP contribution in [0.3, 0.4) is 0 Å². The highest BCUT2D eigenvalue weighted by atomic mass is 32.1. The van der Waals surface area contributed by atoms with Gasteiger partial charge in [-0.3, -0.25) is 4.98 Å². The molecule has 2 rings (SSSR count). The van der Waals surface area contributed by atoms with Crippen molar-refractivity contribution in [2.45, 2.75) is 6.42 Å². The quantitative estimate of drug-likeness (QED) is 0.430. The molecule has 2 aromatic rings. The van der Waals surface area contributed by atoms with Crippen molar-refractivity contribution < 1.29 is 0 Å². The van der Waals surface area contributed by atoms with Crippen LogP contribution in [-0.4, -0.2) is 16.6 Å². The molecular weight excluding hydrogens is 232 g/mol. The second kappa shape index (κ2) is 5.56. The first-order chi connectivity index (χ1) is 8.31. The normalized spacial score (nSPS) is 10.2. The maximum absolute atomic E-state index is 5.18. The van der Waals surface area contributed by atoms with Gasteiger partial charge in [0.25, 0.3) is 0 Å². The summed E-state index contributed by atoms with van der Waals surface area (Å²) in [4.78, 5) is 4.40. The smallest absolute Gasteiger partial charge is 0.180 e. The van der Waals surface area contributed by atoms with Crippen LogP contribution in [-0.2, 0) is 6.42 Å². The van der Waals surface area contributed by atoms with Gasteiger partial charge in [-0.2, -0.15) is 0 Å². The molecule has 1 aromatic carbocycles. The molecule has 0 aliphatic heterocycles. The van der Waals surface area contributed by atoms with E-state index in [0.717, 1.165) is 23.9 Å². The monoisotopic (exact) mass is 246 g/mol. The number of benzene rings is 1. The van der Waals surface area contributed by atoms with Crippen molar-refractivity contribution in [1.29, 1.82) is 0 Å². The van der Waals surface area contributed by atoms with Gasteiger partial charge in [-0.05, 0) is 30.3 Å². The third-order valence-corrected chi connectivity index (χ3v) is 2.79. The summed E-state index contributed by atoms with van der Waals surface area (Å²) in [5.74, 6) is 5.18. The molecule has 0 atom stereocenters. The largest absolute Gasteiger partial charge is 0.361 e. The van der Waals surface area contributed by atoms with Gasteiger partial charge >= 0.3 is 0 Å². The Morgan fingerprint density at radius 1 is 1.29 bits per heavy atom. The van der Waals surface area contributed by atoms with E-state index in [1.54, 1.807) is 0 Å². The molecule has 0 fully saturated rings. The van der Waals surface area contributed by atoms with Crippen LogP contribution in [0.2, 0.25) is 0 Å². The van der Waals surface area contributed by atoms with Gasteiger partial charge in [0, 0.05) is 18.1 Å². The average Bonchev–Trinajstić information content (AvgIpc) is 2.39. The summed E-state index contributed by atoms with van der Waals surface area (Å²) >= 11 is 4.90. The van der Waals surface area contributed by atoms with Crippen molar-refractivity contribution in [3.63, 3.8) is 0 Å². The van der Waals surface area contributed by atoms with Gasteiger partial charge in [0.2, 0.25) is 0 Å². The fourth-order valence-corrected chi connectivity index (χ4v) is 1.83. The van der Waals surface area contributed by atoms with Gasteiger partial charge in [-0.1, -0.05) is 24.3 Å². The van der Waals surface area contributed by atoms with E-state index in [9.17, 15) is 0 Å². The van der Waals surface area contributed by atoms with E-state index in [1.807, 2.05) is 18.3 Å². The summed E-state index contributed by atoms with van der Waals surface area (Å²) in [5.41, 5.74) is 4.64. The van der Waals surface area contributed by atoms with E-state index in [1.165, 1.54) is 5.56 Å². The molecule has 1 heterocycles. The van der Waals surface area contributed by atoms with Gasteiger partial charge < -0.3 is 10.7 Å². The standard InChI is InChI=1S/C12H14N4S/c13-16-12(17)15-8-6-10-4-1-3-9-5-2-7-14-11(9)10/h1-5,7H,6,8,13H2,(H2,15,16,17). The Bertz CT molecular complexity index is 521. The molecule has 1 aromatic heterocycles. The molecule has 0 unspecified atom stereocenters. The number of hydrazine groups is 1. The second-order valence-corrected chi connectivity index (χ2v) is 4.05. The minimum Gasteiger partial charge on any atom is -0.361 e. The summed E-state index contributed by atoms with van der Waals surface area (Å²) in [6, 6.07) is 10.2. The lowest BCUT2D eigenvalue weighted by molar-refractivity contribution is 0.838. The number of aromatic nitrogens is 1. The summed E-state index contributed by atoms with van der Waals surface area (Å²) in [6.07, 6.45) is 2.67. The van der Waals surface area contributed by atoms with Crippen LogP contribution in [0.5, 0.6) is 0 Å². The molecule has 5 heteroatoms. The molecule has 17 heavy (non-hydrogen) atoms. The highest BCUT2D eigenvalue weighted by molar-refractivity contribution is 7.80. The van der Waals surface area contributed by atoms with Crippen LogP contribution < -0.4 is 16.6 Å². The Hall–Kier alpha value is -1.72. The third-order valence-electron chi connectivity index (χ3n) is 2.53. The van der Waals surface area contributed by atoms with Crippen molar-refractivity contribution in [2.24, 2.45) is 5.84 Å². The van der Waals surface area contributed by atoms with E-state index in [4.69, 9.17) is 18.1 Å². The molecule has 0 aliphatic carbocycles. The van der Waals surface area contributed by atoms with E-state index in [-0.39, 0.29) is 0 Å². The van der Waals surface area contributed by atoms with Gasteiger partial charge in [0.05, 0.1) is 5.52 Å². The number of rotatable bonds is 3. The number of nitrogens with two attached hydrogens (primary N) is 1. The molecule has 4 nitrogen and oxygen atoms in total. The van der Waals surface area contributed by atoms with Crippen molar-refractivity contribution in [3.05, 3.63) is 42.1 Å². The summed E-state index contributed by atoms with van der Waals surface area (Å²) in [5, 5.41) is 4.63. The Morgan fingerprint density at radius 2 is 2.12 bits per heavy atom. The highest BCUT2D eigenvalue weighted by Crippen LogP contribution is 2.15. The lowest BCUT2D eigenvalue weighted by Gasteiger charge is -2.08. The van der Waals surface area contributed by atoms with Gasteiger partial charge in [0.15, 0.2) is 5.11 Å². The molecule has 88 valence electrons. The first kappa shape index (κ1) is 11.8. The average molecular weight is 246 g/mol. The molecule has 0 radical (unpaired) electrons. The van der Waals surface area contributed by atoms with Gasteiger partial charge in [-0.15, -0.1) is 0 Å². The lowest BCUT2D eigenvalue weighted by atomic mass is 10.1. The Morgan fingerprint density at radius 3 is 2.94 bits per heavy atom. The minimum absolute atomic E-state index is 0.457. The van der Waals surface area contributed by atoms with Crippen molar-refractivity contribution >= 4 is 28.2 Å². The molecule has 0 aliphatic rings. The van der Waals surface area contributed by atoms with Crippen LogP contribution in [0.4, 0.5) is 0 Å². The Kier molecular flexibility index (Phi) is 3.85. The predicted molar refractivity (Wildman–Crippen MR) is 73.4 cm³/mol. The maximum atomic E-state index is 5.18. The number of nitrogens with one attached hydrogen (secondary N) is 2. The molecule has 0 saturated carbocycles. The van der Waals surface area contributed by atoms with E-state index in [0.29, 0.717) is 5.11 Å². The number of hydrogen-bond donors (Lipinski definition) is 3. The lowest BCUT2D eigenvalue weighted by Crippen LogP contribution is -2.40. The number of thiocarbonyl (C=S) groups is 1. The van der Waals surface area contributed by atoms with Gasteiger partial charge in [-0.25, -0.2) is 5.84 Å². The van der Waals surface area contributed by atoms with Crippen molar-refractivity contribution in [1.82, 2.24) is 15.7 Å². The number of hydrogen-bond acceptors (Lipinski definition) is 3. The number of fused-ring (bicyclic) bond motifs is 1. The zero-order chi connectivity index (χ0) is 12.1. The SMILES string of the molecule is NNC(=S)NCCc1cccc2cccnc12. The second-order valence-electron chi connectivity index (χ2n) is 3.64. The first-order valence-electron chi connectivity index (χ1n) is 5.38. The van der Waals surface area contributed by atoms with Crippen LogP contribution in [0, 0.1) is 0 Å². The predicted octanol–water partition coefficient (Wildman–Crippen LogP) is 1.12. The first-order valence-corrected chi connectivity index (χ1v) is 5.79. The number of pyridine rings is 1. The Labute approximate surface area is 105 Å². The van der Waals surface area contributed by atoms with E-state index < -0.39 is 0 Å². The zero-order valence-electron chi connectivity index (χ0n) is 9.31. The molecule has 0 saturated heterocycles. The maximum Gasteiger partial charge on any atom is 0.180 e. The molecule has 0 amide bonds. The van der Waals surface area contributed by atoms with Crippen LogP contribution in [0.15, 0.2) is 36.5 Å². The zero-order valence-corrected chi connectivity index (χ0v) is 10.1. The topological polar surface area (TPSA) is 63.0 Å². The molecular formula is C12H14N4S. The summed E-state index contributed by atoms with van der Waals surface area (Å²) in [6.45, 7) is 0.735. The fraction of sp³-hybridized carbons (Fsp3) is 0.167. The molecule has 4 N–H and O–H groups in total. The summed E-state index contributed by atoms with van der Waals surface area (Å²) < 4.78 is 0. The summed E-state index contributed by atoms with van der Waals surface area (Å²) in [7, 11) is 0. The Balaban J connectivity index is 2.11. The van der Waals surface area contributed by atoms with Crippen molar-refractivity contribution in [2.75, 3.05) is 6.54 Å². The minimum atomic E-state index is 0.457. The van der Waals surface area contributed by atoms with Crippen LogP contribution in [0.25, 0.3) is 10.9 Å². The fourth-order valence-electron chi connectivity index (χ4n) is 1.73. The highest BCUT2D eigenvalue weighted by Gasteiger charge is 2.01. The van der Waals surface area contributed by atoms with Crippen LogP contribution in [0.1, 0.15) is 5.56 Å². The third kappa shape index (κ3) is 2.89. The van der Waals surface area contributed by atoms with E-state index >= 15 is 0 Å².